The fraction of sp³-hybridized carbons (Fsp3) is 0.629. The van der Waals surface area contributed by atoms with Gasteiger partial charge in [-0.3, -0.25) is 19.3 Å². The number of aliphatic hydroxyl groups excluding tert-OH is 1. The SMILES string of the molecule is C=CCN(CCN1CCOCC1)C(=O)C1N([C@@H](CO)C(C)C)C(=O)[C@@H]2[C@@H](C(=O)N(CC=C)c3ccc(OCC)cc3)[C@H]3CCC12S3. The molecule has 4 heterocycles. The average Bonchev–Trinajstić information content (AvgIpc) is 3.70. The summed E-state index contributed by atoms with van der Waals surface area (Å²) in [4.78, 5) is 51.5. The van der Waals surface area contributed by atoms with Crippen LogP contribution in [0.4, 0.5) is 5.69 Å². The van der Waals surface area contributed by atoms with Crippen LogP contribution < -0.4 is 9.64 Å². The van der Waals surface area contributed by atoms with Crippen molar-refractivity contribution < 1.29 is 29.0 Å². The van der Waals surface area contributed by atoms with Crippen LogP contribution in [0.2, 0.25) is 0 Å². The molecule has 0 saturated carbocycles. The van der Waals surface area contributed by atoms with Crippen molar-refractivity contribution in [1.29, 1.82) is 0 Å². The van der Waals surface area contributed by atoms with Gasteiger partial charge in [0.2, 0.25) is 17.7 Å². The maximum absolute atomic E-state index is 14.8. The third kappa shape index (κ3) is 6.35. The van der Waals surface area contributed by atoms with Gasteiger partial charge in [-0.25, -0.2) is 0 Å². The quantitative estimate of drug-likeness (QED) is 0.288. The van der Waals surface area contributed by atoms with Crippen molar-refractivity contribution in [3.8, 4) is 5.75 Å². The van der Waals surface area contributed by atoms with E-state index in [2.05, 4.69) is 18.1 Å². The van der Waals surface area contributed by atoms with Crippen LogP contribution >= 0.6 is 11.8 Å². The first kappa shape index (κ1) is 34.5. The number of ether oxygens (including phenoxy) is 2. The molecule has 2 bridgehead atoms. The summed E-state index contributed by atoms with van der Waals surface area (Å²) in [6, 6.07) is 6.09. The monoisotopic (exact) mass is 654 g/mol. The normalized spacial score (nSPS) is 27.8. The lowest BCUT2D eigenvalue weighted by Crippen LogP contribution is -2.59. The van der Waals surface area contributed by atoms with Gasteiger partial charge in [0.15, 0.2) is 0 Å². The van der Waals surface area contributed by atoms with Gasteiger partial charge in [-0.05, 0) is 49.9 Å². The number of benzene rings is 1. The van der Waals surface area contributed by atoms with Gasteiger partial charge < -0.3 is 29.3 Å². The lowest BCUT2D eigenvalue weighted by atomic mass is 9.70. The minimum absolute atomic E-state index is 0.0817. The van der Waals surface area contributed by atoms with Crippen LogP contribution in [0.15, 0.2) is 49.6 Å². The molecule has 1 aromatic rings. The number of fused-ring (bicyclic) bond motifs is 1. The lowest BCUT2D eigenvalue weighted by Gasteiger charge is -2.41. The molecule has 2 unspecified atom stereocenters. The summed E-state index contributed by atoms with van der Waals surface area (Å²) in [5.74, 6) is -1.07. The van der Waals surface area contributed by atoms with Gasteiger partial charge >= 0.3 is 0 Å². The summed E-state index contributed by atoms with van der Waals surface area (Å²) in [5, 5.41) is 10.5. The second-order valence-electron chi connectivity index (χ2n) is 13.0. The second-order valence-corrected chi connectivity index (χ2v) is 14.6. The number of anilines is 1. The van der Waals surface area contributed by atoms with Crippen molar-refractivity contribution in [2.75, 3.05) is 70.6 Å². The van der Waals surface area contributed by atoms with Crippen LogP contribution in [0.1, 0.15) is 33.6 Å². The predicted molar refractivity (Wildman–Crippen MR) is 181 cm³/mol. The highest BCUT2D eigenvalue weighted by atomic mass is 32.2. The summed E-state index contributed by atoms with van der Waals surface area (Å²) in [5.41, 5.74) is 0.709. The first-order chi connectivity index (χ1) is 22.2. The first-order valence-corrected chi connectivity index (χ1v) is 17.6. The standard InChI is InChI=1S/C35H50N4O6S/c1-6-15-37(18-17-36-19-21-44-22-20-36)34(43)31-35-14-13-28(46-35)29(30(35)33(42)39(31)27(23-40)24(4)5)32(41)38(16-7-2)25-9-11-26(12-10-25)45-8-3/h6-7,9-12,24,27-31,40H,1-2,8,13-23H2,3-5H3/t27-,28+,29-,30-,31?,35?/m0/s1. The minimum atomic E-state index is -0.777. The highest BCUT2D eigenvalue weighted by Gasteiger charge is 2.74. The van der Waals surface area contributed by atoms with E-state index < -0.39 is 28.7 Å². The van der Waals surface area contributed by atoms with Crippen molar-refractivity contribution in [3.63, 3.8) is 0 Å². The molecule has 4 saturated heterocycles. The molecule has 46 heavy (non-hydrogen) atoms. The zero-order chi connectivity index (χ0) is 33.0. The van der Waals surface area contributed by atoms with Crippen LogP contribution in [0.5, 0.6) is 5.75 Å². The van der Waals surface area contributed by atoms with E-state index in [1.54, 1.807) is 33.7 Å². The number of morpholine rings is 1. The number of carbonyl (C=O) groups excluding carboxylic acids is 3. The maximum atomic E-state index is 14.8. The second kappa shape index (κ2) is 14.9. The Labute approximate surface area is 277 Å². The fourth-order valence-corrected chi connectivity index (χ4v) is 10.0. The summed E-state index contributed by atoms with van der Waals surface area (Å²) in [7, 11) is 0. The van der Waals surface area contributed by atoms with Crippen LogP contribution in [-0.4, -0.2) is 125 Å². The summed E-state index contributed by atoms with van der Waals surface area (Å²) < 4.78 is 10.4. The molecule has 4 aliphatic rings. The van der Waals surface area contributed by atoms with Crippen LogP contribution in [0, 0.1) is 17.8 Å². The Balaban J connectivity index is 1.49. The number of amides is 3. The molecule has 0 aromatic heterocycles. The number of carbonyl (C=O) groups is 3. The van der Waals surface area contributed by atoms with Gasteiger partial charge in [-0.15, -0.1) is 24.9 Å². The molecule has 252 valence electrons. The molecule has 6 atom stereocenters. The Morgan fingerprint density at radius 2 is 1.85 bits per heavy atom. The van der Waals surface area contributed by atoms with Gasteiger partial charge in [0, 0.05) is 50.2 Å². The molecule has 0 radical (unpaired) electrons. The maximum Gasteiger partial charge on any atom is 0.247 e. The average molecular weight is 655 g/mol. The van der Waals surface area contributed by atoms with Gasteiger partial charge in [0.1, 0.15) is 11.8 Å². The van der Waals surface area contributed by atoms with Crippen LogP contribution in [0.3, 0.4) is 0 Å². The molecule has 1 aromatic carbocycles. The Bertz CT molecular complexity index is 1270. The van der Waals surface area contributed by atoms with Crippen molar-refractivity contribution in [3.05, 3.63) is 49.6 Å². The summed E-state index contributed by atoms with van der Waals surface area (Å²) in [6.45, 7) is 18.8. The van der Waals surface area contributed by atoms with Gasteiger partial charge in [-0.2, -0.15) is 0 Å². The minimum Gasteiger partial charge on any atom is -0.494 e. The van der Waals surface area contributed by atoms with Crippen molar-refractivity contribution in [2.24, 2.45) is 17.8 Å². The number of nitrogens with zero attached hydrogens (tertiary/aromatic N) is 4. The van der Waals surface area contributed by atoms with E-state index in [1.807, 2.05) is 49.9 Å². The Kier molecular flexibility index (Phi) is 11.2. The Morgan fingerprint density at radius 1 is 1.15 bits per heavy atom. The molecule has 5 rings (SSSR count). The number of aliphatic hydroxyl groups is 1. The smallest absolute Gasteiger partial charge is 0.247 e. The van der Waals surface area contributed by atoms with E-state index in [9.17, 15) is 19.5 Å². The first-order valence-electron chi connectivity index (χ1n) is 16.7. The van der Waals surface area contributed by atoms with E-state index in [4.69, 9.17) is 9.47 Å². The number of hydrogen-bond acceptors (Lipinski definition) is 8. The topological polar surface area (TPSA) is 103 Å². The zero-order valence-electron chi connectivity index (χ0n) is 27.5. The van der Waals surface area contributed by atoms with E-state index in [0.29, 0.717) is 58.1 Å². The van der Waals surface area contributed by atoms with Gasteiger partial charge in [-0.1, -0.05) is 26.0 Å². The largest absolute Gasteiger partial charge is 0.494 e. The van der Waals surface area contributed by atoms with Gasteiger partial charge in [0.05, 0.1) is 49.1 Å². The van der Waals surface area contributed by atoms with E-state index in [-0.39, 0.29) is 35.5 Å². The lowest BCUT2D eigenvalue weighted by molar-refractivity contribution is -0.146. The highest BCUT2D eigenvalue weighted by Crippen LogP contribution is 2.67. The molecule has 4 fully saturated rings. The van der Waals surface area contributed by atoms with Crippen molar-refractivity contribution >= 4 is 35.2 Å². The summed E-state index contributed by atoms with van der Waals surface area (Å²) >= 11 is 1.65. The third-order valence-corrected chi connectivity index (χ3v) is 12.0. The van der Waals surface area contributed by atoms with E-state index >= 15 is 0 Å². The number of likely N-dealkylation sites (tertiary alicyclic amines) is 1. The van der Waals surface area contributed by atoms with E-state index in [0.717, 1.165) is 25.3 Å². The number of hydrogen-bond donors (Lipinski definition) is 1. The molecular weight excluding hydrogens is 604 g/mol. The molecular formula is C35H50N4O6S. The van der Waals surface area contributed by atoms with Crippen LogP contribution in [-0.2, 0) is 19.1 Å². The molecule has 4 aliphatic heterocycles. The van der Waals surface area contributed by atoms with Crippen molar-refractivity contribution in [2.45, 2.75) is 55.7 Å². The highest BCUT2D eigenvalue weighted by molar-refractivity contribution is 8.02. The molecule has 10 nitrogen and oxygen atoms in total. The van der Waals surface area contributed by atoms with Crippen molar-refractivity contribution in [1.82, 2.24) is 14.7 Å². The number of thioether (sulfide) groups is 1. The molecule has 11 heteroatoms. The van der Waals surface area contributed by atoms with E-state index in [1.165, 1.54) is 0 Å². The number of rotatable bonds is 15. The Hall–Kier alpha value is -2.86. The molecule has 1 spiro atoms. The van der Waals surface area contributed by atoms with Crippen LogP contribution in [0.25, 0.3) is 0 Å². The molecule has 1 N–H and O–H groups in total. The predicted octanol–water partition coefficient (Wildman–Crippen LogP) is 3.06. The Morgan fingerprint density at radius 3 is 2.46 bits per heavy atom. The fourth-order valence-electron chi connectivity index (χ4n) is 7.86. The summed E-state index contributed by atoms with van der Waals surface area (Å²) in [6.07, 6.45) is 4.84. The van der Waals surface area contributed by atoms with Gasteiger partial charge in [0.25, 0.3) is 0 Å². The molecule has 0 aliphatic carbocycles. The zero-order valence-corrected chi connectivity index (χ0v) is 28.3. The molecule has 3 amide bonds. The third-order valence-electron chi connectivity index (χ3n) is 10.1.